The van der Waals surface area contributed by atoms with Gasteiger partial charge in [0, 0.05) is 12.5 Å². The Morgan fingerprint density at radius 2 is 2.00 bits per heavy atom. The van der Waals surface area contributed by atoms with Gasteiger partial charge in [-0.05, 0) is 27.3 Å². The van der Waals surface area contributed by atoms with Crippen LogP contribution in [0.5, 0.6) is 0 Å². The van der Waals surface area contributed by atoms with Crippen LogP contribution in [0.2, 0.25) is 0 Å². The lowest BCUT2D eigenvalue weighted by molar-refractivity contribution is -0.00786. The molecule has 0 saturated heterocycles. The molecule has 3 N–H and O–H groups in total. The molecule has 12 heavy (non-hydrogen) atoms. The summed E-state index contributed by atoms with van der Waals surface area (Å²) in [6.45, 7) is 5.56. The standard InChI is InChI=1S/C9H21NO2/c1-5-9(3,12)6-8(11)7(2)10-4/h7-8,10-12H,5-6H2,1-4H3. The van der Waals surface area contributed by atoms with Gasteiger partial charge in [0.05, 0.1) is 11.7 Å². The predicted octanol–water partition coefficient (Wildman–Crippen LogP) is 0.506. The molecule has 0 bridgehead atoms. The third-order valence-corrected chi connectivity index (χ3v) is 2.44. The average Bonchev–Trinajstić information content (AvgIpc) is 2.02. The molecule has 0 aromatic heterocycles. The van der Waals surface area contributed by atoms with E-state index in [1.165, 1.54) is 0 Å². The monoisotopic (exact) mass is 175 g/mol. The highest BCUT2D eigenvalue weighted by Gasteiger charge is 2.24. The molecule has 0 aromatic rings. The fraction of sp³-hybridized carbons (Fsp3) is 1.00. The maximum atomic E-state index is 9.65. The zero-order chi connectivity index (χ0) is 9.78. The number of hydrogen-bond donors (Lipinski definition) is 3. The van der Waals surface area contributed by atoms with E-state index in [1.807, 2.05) is 13.8 Å². The Labute approximate surface area is 74.8 Å². The van der Waals surface area contributed by atoms with E-state index in [-0.39, 0.29) is 6.04 Å². The molecule has 0 heterocycles. The number of hydrogen-bond acceptors (Lipinski definition) is 3. The second kappa shape index (κ2) is 4.80. The van der Waals surface area contributed by atoms with Gasteiger partial charge in [-0.2, -0.15) is 0 Å². The average molecular weight is 175 g/mol. The van der Waals surface area contributed by atoms with Crippen LogP contribution in [0.4, 0.5) is 0 Å². The van der Waals surface area contributed by atoms with Gasteiger partial charge in [-0.25, -0.2) is 0 Å². The fourth-order valence-corrected chi connectivity index (χ4v) is 0.964. The van der Waals surface area contributed by atoms with Crippen molar-refractivity contribution in [3.05, 3.63) is 0 Å². The van der Waals surface area contributed by atoms with Gasteiger partial charge >= 0.3 is 0 Å². The second-order valence-electron chi connectivity index (χ2n) is 3.70. The van der Waals surface area contributed by atoms with Gasteiger partial charge in [-0.15, -0.1) is 0 Å². The quantitative estimate of drug-likeness (QED) is 0.570. The molecule has 0 radical (unpaired) electrons. The van der Waals surface area contributed by atoms with Crippen molar-refractivity contribution >= 4 is 0 Å². The van der Waals surface area contributed by atoms with Gasteiger partial charge in [0.2, 0.25) is 0 Å². The van der Waals surface area contributed by atoms with Gasteiger partial charge in [0.1, 0.15) is 0 Å². The molecule has 0 aliphatic rings. The second-order valence-corrected chi connectivity index (χ2v) is 3.70. The van der Waals surface area contributed by atoms with Crippen LogP contribution in [0.1, 0.15) is 33.6 Å². The van der Waals surface area contributed by atoms with E-state index >= 15 is 0 Å². The first-order valence-corrected chi connectivity index (χ1v) is 4.50. The largest absolute Gasteiger partial charge is 0.391 e. The van der Waals surface area contributed by atoms with Crippen molar-refractivity contribution in [2.45, 2.75) is 51.4 Å². The Morgan fingerprint density at radius 3 is 2.33 bits per heavy atom. The van der Waals surface area contributed by atoms with Gasteiger partial charge in [0.15, 0.2) is 0 Å². The summed E-state index contributed by atoms with van der Waals surface area (Å²) >= 11 is 0. The Bertz CT molecular complexity index is 126. The maximum Gasteiger partial charge on any atom is 0.0717 e. The van der Waals surface area contributed by atoms with E-state index in [0.29, 0.717) is 12.8 Å². The van der Waals surface area contributed by atoms with E-state index in [0.717, 1.165) is 0 Å². The highest BCUT2D eigenvalue weighted by atomic mass is 16.3. The summed E-state index contributed by atoms with van der Waals surface area (Å²) in [5, 5.41) is 22.2. The Hall–Kier alpha value is -0.120. The summed E-state index contributed by atoms with van der Waals surface area (Å²) in [5.74, 6) is 0. The van der Waals surface area contributed by atoms with Crippen molar-refractivity contribution in [2.24, 2.45) is 0 Å². The zero-order valence-corrected chi connectivity index (χ0v) is 8.46. The summed E-state index contributed by atoms with van der Waals surface area (Å²) in [5.41, 5.74) is -0.746. The van der Waals surface area contributed by atoms with Crippen molar-refractivity contribution in [3.63, 3.8) is 0 Å². The fourth-order valence-electron chi connectivity index (χ4n) is 0.964. The Kier molecular flexibility index (Phi) is 4.75. The molecule has 0 fully saturated rings. The van der Waals surface area contributed by atoms with Crippen LogP contribution in [-0.2, 0) is 0 Å². The molecule has 0 aromatic carbocycles. The highest BCUT2D eigenvalue weighted by molar-refractivity contribution is 4.79. The lowest BCUT2D eigenvalue weighted by Crippen LogP contribution is -2.40. The van der Waals surface area contributed by atoms with Gasteiger partial charge in [0.25, 0.3) is 0 Å². The smallest absolute Gasteiger partial charge is 0.0717 e. The Morgan fingerprint density at radius 1 is 1.50 bits per heavy atom. The van der Waals surface area contributed by atoms with Crippen molar-refractivity contribution in [2.75, 3.05) is 7.05 Å². The van der Waals surface area contributed by atoms with Gasteiger partial charge in [-0.1, -0.05) is 6.92 Å². The van der Waals surface area contributed by atoms with E-state index in [1.54, 1.807) is 14.0 Å². The molecule has 74 valence electrons. The first kappa shape index (κ1) is 11.9. The SMILES string of the molecule is CCC(C)(O)CC(O)C(C)NC. The molecule has 0 spiro atoms. The zero-order valence-electron chi connectivity index (χ0n) is 8.46. The number of likely N-dealkylation sites (N-methyl/N-ethyl adjacent to an activating group) is 1. The van der Waals surface area contributed by atoms with Crippen LogP contribution in [0.3, 0.4) is 0 Å². The van der Waals surface area contributed by atoms with Crippen molar-refractivity contribution in [1.82, 2.24) is 5.32 Å². The molecule has 3 heteroatoms. The molecule has 0 aliphatic carbocycles. The lowest BCUT2D eigenvalue weighted by atomic mass is 9.93. The first-order chi connectivity index (χ1) is 5.43. The molecule has 0 amide bonds. The van der Waals surface area contributed by atoms with Gasteiger partial charge in [-0.3, -0.25) is 0 Å². The number of rotatable bonds is 5. The topological polar surface area (TPSA) is 52.5 Å². The van der Waals surface area contributed by atoms with Crippen LogP contribution >= 0.6 is 0 Å². The lowest BCUT2D eigenvalue weighted by Gasteiger charge is -2.27. The summed E-state index contributed by atoms with van der Waals surface area (Å²) in [6, 6.07) is 0.0306. The molecule has 0 aliphatic heterocycles. The molecular formula is C9H21NO2. The van der Waals surface area contributed by atoms with Crippen LogP contribution in [0, 0.1) is 0 Å². The normalized spacial score (nSPS) is 21.5. The molecular weight excluding hydrogens is 154 g/mol. The van der Waals surface area contributed by atoms with E-state index in [4.69, 9.17) is 0 Å². The van der Waals surface area contributed by atoms with Crippen LogP contribution < -0.4 is 5.32 Å². The van der Waals surface area contributed by atoms with E-state index in [2.05, 4.69) is 5.32 Å². The first-order valence-electron chi connectivity index (χ1n) is 4.50. The van der Waals surface area contributed by atoms with Crippen LogP contribution in [-0.4, -0.2) is 35.0 Å². The number of aliphatic hydroxyl groups is 2. The van der Waals surface area contributed by atoms with Crippen LogP contribution in [0.15, 0.2) is 0 Å². The van der Waals surface area contributed by atoms with E-state index < -0.39 is 11.7 Å². The molecule has 0 rings (SSSR count). The van der Waals surface area contributed by atoms with Crippen LogP contribution in [0.25, 0.3) is 0 Å². The highest BCUT2D eigenvalue weighted by Crippen LogP contribution is 2.17. The molecule has 3 nitrogen and oxygen atoms in total. The molecule has 3 unspecified atom stereocenters. The van der Waals surface area contributed by atoms with E-state index in [9.17, 15) is 10.2 Å². The number of nitrogens with one attached hydrogen (secondary N) is 1. The molecule has 3 atom stereocenters. The number of aliphatic hydroxyl groups excluding tert-OH is 1. The predicted molar refractivity (Wildman–Crippen MR) is 50.1 cm³/mol. The third-order valence-electron chi connectivity index (χ3n) is 2.44. The van der Waals surface area contributed by atoms with Crippen molar-refractivity contribution in [3.8, 4) is 0 Å². The Balaban J connectivity index is 3.90. The van der Waals surface area contributed by atoms with Crippen molar-refractivity contribution in [1.29, 1.82) is 0 Å². The summed E-state index contributed by atoms with van der Waals surface area (Å²) in [7, 11) is 1.80. The summed E-state index contributed by atoms with van der Waals surface area (Å²) in [4.78, 5) is 0. The third kappa shape index (κ3) is 4.04. The van der Waals surface area contributed by atoms with Gasteiger partial charge < -0.3 is 15.5 Å². The maximum absolute atomic E-state index is 9.65. The minimum atomic E-state index is -0.746. The van der Waals surface area contributed by atoms with Crippen molar-refractivity contribution < 1.29 is 10.2 Å². The minimum absolute atomic E-state index is 0.0306. The molecule has 0 saturated carbocycles. The summed E-state index contributed by atoms with van der Waals surface area (Å²) < 4.78 is 0. The summed E-state index contributed by atoms with van der Waals surface area (Å²) in [6.07, 6.45) is 0.608. The minimum Gasteiger partial charge on any atom is -0.391 e.